The minimum absolute atomic E-state index is 0.0275. The number of hydrogen-bond donors (Lipinski definition) is 2. The lowest BCUT2D eigenvalue weighted by Gasteiger charge is -2.58. The van der Waals surface area contributed by atoms with Crippen LogP contribution in [0.15, 0.2) is 47.4 Å². The Bertz CT molecular complexity index is 1800. The van der Waals surface area contributed by atoms with E-state index in [-0.39, 0.29) is 35.5 Å². The molecule has 0 bridgehead atoms. The normalized spacial score (nSPS) is 21.0. The van der Waals surface area contributed by atoms with Crippen molar-refractivity contribution in [3.05, 3.63) is 48.2 Å². The van der Waals surface area contributed by atoms with Crippen LogP contribution in [0.25, 0.3) is 10.9 Å². The largest absolute Gasteiger partial charge is 0.477 e. The van der Waals surface area contributed by atoms with Crippen LogP contribution in [-0.2, 0) is 21.1 Å². The summed E-state index contributed by atoms with van der Waals surface area (Å²) in [5.41, 5.74) is 2.27. The highest BCUT2D eigenvalue weighted by molar-refractivity contribution is 7.90. The summed E-state index contributed by atoms with van der Waals surface area (Å²) in [6.07, 6.45) is 0.779. The number of nitriles is 1. The fourth-order valence-electron chi connectivity index (χ4n) is 6.70. The highest BCUT2D eigenvalue weighted by Gasteiger charge is 2.50. The first-order valence-electron chi connectivity index (χ1n) is 15.3. The number of anilines is 2. The number of rotatable bonds is 9. The fraction of sp³-hybridized carbons (Fsp3) is 0.485. The van der Waals surface area contributed by atoms with Gasteiger partial charge in [0.1, 0.15) is 18.4 Å². The summed E-state index contributed by atoms with van der Waals surface area (Å²) in [5.74, 6) is 5.93. The monoisotopic (exact) mass is 655 g/mol. The molecule has 0 unspecified atom stereocenters. The first-order valence-corrected chi connectivity index (χ1v) is 17.2. The molecule has 3 aromatic rings. The number of halogens is 3. The van der Waals surface area contributed by atoms with Gasteiger partial charge in [0.2, 0.25) is 0 Å². The van der Waals surface area contributed by atoms with Gasteiger partial charge < -0.3 is 24.7 Å². The summed E-state index contributed by atoms with van der Waals surface area (Å²) in [6, 6.07) is 13.9. The van der Waals surface area contributed by atoms with Gasteiger partial charge in [0.15, 0.2) is 16.4 Å². The lowest BCUT2D eigenvalue weighted by molar-refractivity contribution is -0.200. The summed E-state index contributed by atoms with van der Waals surface area (Å²) < 4.78 is 77.0. The third kappa shape index (κ3) is 7.07. The molecule has 2 aliphatic heterocycles. The van der Waals surface area contributed by atoms with E-state index in [1.807, 2.05) is 12.1 Å². The van der Waals surface area contributed by atoms with Gasteiger partial charge in [-0.15, -0.1) is 0 Å². The molecule has 3 aliphatic rings. The van der Waals surface area contributed by atoms with Gasteiger partial charge in [-0.3, -0.25) is 4.90 Å². The standard InChI is InChI=1S/C33H36F3N5O4S/c1-46(42,43)26-11-12-29(31(17-26)45-15-13-37)38-14-3-4-25-16-27-28(5-2-6-30(27)41(25)20-33(34,35)36)39-23-7-9-24(10-8-23)40-18-32(19-40)21-44-22-32/h2,5-6,11-12,16-17,23-24,38-39H,7-10,14-15,18-22H2,1H3. The summed E-state index contributed by atoms with van der Waals surface area (Å²) in [4.78, 5) is 2.60. The van der Waals surface area contributed by atoms with Gasteiger partial charge in [0.05, 0.1) is 41.6 Å². The highest BCUT2D eigenvalue weighted by Crippen LogP contribution is 2.41. The number of aromatic nitrogens is 1. The molecule has 2 N–H and O–H groups in total. The van der Waals surface area contributed by atoms with Crippen molar-refractivity contribution >= 4 is 32.1 Å². The van der Waals surface area contributed by atoms with E-state index in [9.17, 15) is 21.6 Å². The lowest BCUT2D eigenvalue weighted by atomic mass is 9.75. The molecule has 1 aliphatic carbocycles. The number of ether oxygens (including phenoxy) is 2. The van der Waals surface area contributed by atoms with Crippen molar-refractivity contribution in [2.24, 2.45) is 5.41 Å². The molecule has 1 aromatic heterocycles. The maximum Gasteiger partial charge on any atom is 0.406 e. The Kier molecular flexibility index (Phi) is 8.85. The molecule has 0 amide bonds. The molecule has 6 rings (SSSR count). The van der Waals surface area contributed by atoms with Crippen LogP contribution in [0.4, 0.5) is 24.5 Å². The first-order chi connectivity index (χ1) is 21.9. The topological polar surface area (TPSA) is 109 Å². The average Bonchev–Trinajstić information content (AvgIpc) is 3.30. The summed E-state index contributed by atoms with van der Waals surface area (Å²) >= 11 is 0. The van der Waals surface area contributed by atoms with Gasteiger partial charge in [0.25, 0.3) is 0 Å². The minimum Gasteiger partial charge on any atom is -0.477 e. The quantitative estimate of drug-likeness (QED) is 0.309. The van der Waals surface area contributed by atoms with Crippen LogP contribution in [0.3, 0.4) is 0 Å². The van der Waals surface area contributed by atoms with Crippen LogP contribution in [0, 0.1) is 28.6 Å². The smallest absolute Gasteiger partial charge is 0.406 e. The van der Waals surface area contributed by atoms with E-state index in [0.29, 0.717) is 28.0 Å². The van der Waals surface area contributed by atoms with Gasteiger partial charge >= 0.3 is 6.18 Å². The van der Waals surface area contributed by atoms with Gasteiger partial charge in [-0.1, -0.05) is 12.0 Å². The summed E-state index contributed by atoms with van der Waals surface area (Å²) in [6.45, 7) is 2.55. The van der Waals surface area contributed by atoms with Crippen LogP contribution in [0.1, 0.15) is 31.4 Å². The Labute approximate surface area is 266 Å². The number of nitrogens with zero attached hydrogens (tertiary/aromatic N) is 3. The maximum absolute atomic E-state index is 13.7. The molecule has 2 saturated heterocycles. The van der Waals surface area contributed by atoms with E-state index in [1.54, 1.807) is 18.2 Å². The SMILES string of the molecule is CS(=O)(=O)c1ccc(NCC#Cc2cc3c(NC4CCC(N5CC6(COC6)C5)CC4)cccc3n2CC(F)(F)F)c(OCC#N)c1. The Balaban J connectivity index is 1.16. The molecule has 0 radical (unpaired) electrons. The van der Waals surface area contributed by atoms with Crippen molar-refractivity contribution in [3.63, 3.8) is 0 Å². The number of alkyl halides is 3. The highest BCUT2D eigenvalue weighted by atomic mass is 32.2. The van der Waals surface area contributed by atoms with Crippen LogP contribution >= 0.6 is 0 Å². The molecule has 244 valence electrons. The number of fused-ring (bicyclic) bond motifs is 1. The fourth-order valence-corrected chi connectivity index (χ4v) is 7.33. The Morgan fingerprint density at radius 3 is 2.50 bits per heavy atom. The molecule has 0 atom stereocenters. The van der Waals surface area contributed by atoms with Crippen LogP contribution in [-0.4, -0.2) is 81.9 Å². The van der Waals surface area contributed by atoms with E-state index in [4.69, 9.17) is 14.7 Å². The van der Waals surface area contributed by atoms with Crippen molar-refractivity contribution < 1.29 is 31.1 Å². The van der Waals surface area contributed by atoms with E-state index in [0.717, 1.165) is 63.9 Å². The van der Waals surface area contributed by atoms with Gasteiger partial charge in [-0.05, 0) is 61.9 Å². The van der Waals surface area contributed by atoms with Gasteiger partial charge in [-0.2, -0.15) is 18.4 Å². The third-order valence-electron chi connectivity index (χ3n) is 9.01. The van der Waals surface area contributed by atoms with Crippen molar-refractivity contribution in [1.82, 2.24) is 9.47 Å². The van der Waals surface area contributed by atoms with E-state index in [2.05, 4.69) is 27.4 Å². The number of hydrogen-bond acceptors (Lipinski definition) is 8. The lowest BCUT2D eigenvalue weighted by Crippen LogP contribution is -2.68. The molecule has 13 heteroatoms. The Hall–Kier alpha value is -3.91. The molecule has 46 heavy (non-hydrogen) atoms. The van der Waals surface area contributed by atoms with E-state index < -0.39 is 22.6 Å². The molecule has 1 saturated carbocycles. The summed E-state index contributed by atoms with van der Waals surface area (Å²) in [5, 5.41) is 16.2. The number of nitrogens with one attached hydrogen (secondary N) is 2. The van der Waals surface area contributed by atoms with Crippen LogP contribution < -0.4 is 15.4 Å². The molecule has 1 spiro atoms. The molecule has 3 fully saturated rings. The molecular weight excluding hydrogens is 619 g/mol. The van der Waals surface area contributed by atoms with Crippen molar-refractivity contribution in [2.45, 2.75) is 55.4 Å². The number of likely N-dealkylation sites (tertiary alicyclic amines) is 1. The second-order valence-corrected chi connectivity index (χ2v) is 14.6. The second-order valence-electron chi connectivity index (χ2n) is 12.5. The third-order valence-corrected chi connectivity index (χ3v) is 10.1. The predicted octanol–water partition coefficient (Wildman–Crippen LogP) is 5.03. The number of benzene rings is 2. The molecule has 9 nitrogen and oxygen atoms in total. The molecule has 2 aromatic carbocycles. The zero-order valence-electron chi connectivity index (χ0n) is 25.5. The van der Waals surface area contributed by atoms with Crippen molar-refractivity contribution in [2.75, 3.05) is 56.3 Å². The van der Waals surface area contributed by atoms with E-state index >= 15 is 0 Å². The second kappa shape index (κ2) is 12.7. The maximum atomic E-state index is 13.7. The Morgan fingerprint density at radius 1 is 1.09 bits per heavy atom. The van der Waals surface area contributed by atoms with Gasteiger partial charge in [-0.25, -0.2) is 8.42 Å². The molecular formula is C33H36F3N5O4S. The first kappa shape index (κ1) is 32.0. The minimum atomic E-state index is -4.45. The van der Waals surface area contributed by atoms with Crippen molar-refractivity contribution in [1.29, 1.82) is 5.26 Å². The van der Waals surface area contributed by atoms with E-state index in [1.165, 1.54) is 22.8 Å². The zero-order valence-corrected chi connectivity index (χ0v) is 26.3. The predicted molar refractivity (Wildman–Crippen MR) is 169 cm³/mol. The summed E-state index contributed by atoms with van der Waals surface area (Å²) in [7, 11) is -3.51. The average molecular weight is 656 g/mol. The van der Waals surface area contributed by atoms with Crippen LogP contribution in [0.2, 0.25) is 0 Å². The van der Waals surface area contributed by atoms with Crippen molar-refractivity contribution in [3.8, 4) is 23.7 Å². The zero-order chi connectivity index (χ0) is 32.5. The van der Waals surface area contributed by atoms with Crippen LogP contribution in [0.5, 0.6) is 5.75 Å². The molecule has 3 heterocycles. The van der Waals surface area contributed by atoms with Gasteiger partial charge in [0, 0.05) is 54.0 Å². The Morgan fingerprint density at radius 2 is 1.85 bits per heavy atom. The number of sulfone groups is 1.